The summed E-state index contributed by atoms with van der Waals surface area (Å²) >= 11 is 0. The van der Waals surface area contributed by atoms with Gasteiger partial charge in [-0.3, -0.25) is 14.5 Å². The highest BCUT2D eigenvalue weighted by atomic mass is 16.2. The van der Waals surface area contributed by atoms with Gasteiger partial charge in [0.25, 0.3) is 0 Å². The van der Waals surface area contributed by atoms with Crippen molar-refractivity contribution in [2.24, 2.45) is 23.2 Å². The van der Waals surface area contributed by atoms with Crippen LogP contribution in [0.15, 0.2) is 30.3 Å². The Bertz CT molecular complexity index is 773. The van der Waals surface area contributed by atoms with Crippen LogP contribution in [0, 0.1) is 23.2 Å². The monoisotopic (exact) mass is 409 g/mol. The van der Waals surface area contributed by atoms with Gasteiger partial charge in [-0.2, -0.15) is 0 Å². The molecule has 5 nitrogen and oxygen atoms in total. The number of hydrogen-bond donors (Lipinski definition) is 1. The molecule has 4 bridgehead atoms. The molecule has 3 atom stereocenters. The SMILES string of the molecule is CC(NC(=O)CC12CC3CC(CC1C3)C2)C(=O)N1CCN(Cc2ccccc2)CC1. The molecule has 0 spiro atoms. The predicted octanol–water partition coefficient (Wildman–Crippen LogP) is 3.05. The van der Waals surface area contributed by atoms with Crippen molar-refractivity contribution in [3.8, 4) is 0 Å². The molecule has 3 unspecified atom stereocenters. The van der Waals surface area contributed by atoms with E-state index in [9.17, 15) is 9.59 Å². The van der Waals surface area contributed by atoms with Crippen molar-refractivity contribution in [1.82, 2.24) is 15.1 Å². The lowest BCUT2D eigenvalue weighted by Crippen LogP contribution is -2.54. The van der Waals surface area contributed by atoms with Gasteiger partial charge in [0.05, 0.1) is 0 Å². The maximum atomic E-state index is 12.9. The van der Waals surface area contributed by atoms with Crippen LogP contribution >= 0.6 is 0 Å². The molecule has 5 heteroatoms. The van der Waals surface area contributed by atoms with Crippen molar-refractivity contribution >= 4 is 11.8 Å². The van der Waals surface area contributed by atoms with Crippen molar-refractivity contribution < 1.29 is 9.59 Å². The van der Waals surface area contributed by atoms with Gasteiger partial charge in [0.1, 0.15) is 6.04 Å². The van der Waals surface area contributed by atoms with Gasteiger partial charge in [0, 0.05) is 39.1 Å². The molecule has 1 aliphatic heterocycles. The van der Waals surface area contributed by atoms with Gasteiger partial charge in [-0.15, -0.1) is 0 Å². The number of carbonyl (C=O) groups excluding carboxylic acids is 2. The van der Waals surface area contributed by atoms with Gasteiger partial charge in [-0.25, -0.2) is 0 Å². The lowest BCUT2D eigenvalue weighted by molar-refractivity contribution is -0.138. The number of hydrogen-bond acceptors (Lipinski definition) is 3. The maximum absolute atomic E-state index is 12.9. The maximum Gasteiger partial charge on any atom is 0.244 e. The van der Waals surface area contributed by atoms with Crippen molar-refractivity contribution in [2.45, 2.75) is 58.0 Å². The second-order valence-electron chi connectivity index (χ2n) is 10.5. The second kappa shape index (κ2) is 7.99. The van der Waals surface area contributed by atoms with Crippen molar-refractivity contribution in [2.75, 3.05) is 26.2 Å². The number of carbonyl (C=O) groups is 2. The average Bonchev–Trinajstić information content (AvgIpc) is 3.11. The predicted molar refractivity (Wildman–Crippen MR) is 117 cm³/mol. The normalized spacial score (nSPS) is 33.6. The number of amides is 2. The minimum atomic E-state index is -0.426. The lowest BCUT2D eigenvalue weighted by Gasteiger charge is -2.36. The van der Waals surface area contributed by atoms with Crippen LogP contribution in [-0.4, -0.2) is 53.8 Å². The fourth-order valence-electron chi connectivity index (χ4n) is 7.17. The molecule has 1 aromatic carbocycles. The minimum absolute atomic E-state index is 0.0671. The van der Waals surface area contributed by atoms with Crippen LogP contribution in [0.25, 0.3) is 0 Å². The molecule has 5 fully saturated rings. The van der Waals surface area contributed by atoms with Gasteiger partial charge in [-0.05, 0) is 67.8 Å². The molecule has 1 heterocycles. The van der Waals surface area contributed by atoms with Crippen molar-refractivity contribution in [3.05, 3.63) is 35.9 Å². The Morgan fingerprint density at radius 2 is 1.70 bits per heavy atom. The molecule has 30 heavy (non-hydrogen) atoms. The van der Waals surface area contributed by atoms with Gasteiger partial charge in [0.2, 0.25) is 11.8 Å². The standard InChI is InChI=1S/C25H35N3O2/c1-18(26-23(29)16-25-14-20-11-21(15-25)13-22(25)12-20)24(30)28-9-7-27(8-10-28)17-19-5-3-2-4-6-19/h2-6,18,20-22H,7-17H2,1H3,(H,26,29). The molecule has 0 radical (unpaired) electrons. The summed E-state index contributed by atoms with van der Waals surface area (Å²) in [7, 11) is 0. The number of piperazine rings is 1. The van der Waals surface area contributed by atoms with E-state index in [1.807, 2.05) is 17.9 Å². The summed E-state index contributed by atoms with van der Waals surface area (Å²) in [5.41, 5.74) is 1.57. The van der Waals surface area contributed by atoms with E-state index < -0.39 is 6.04 Å². The fraction of sp³-hybridized carbons (Fsp3) is 0.680. The number of benzene rings is 1. The molecule has 6 rings (SSSR count). The van der Waals surface area contributed by atoms with Crippen LogP contribution in [0.2, 0.25) is 0 Å². The molecule has 1 saturated heterocycles. The fourth-order valence-corrected chi connectivity index (χ4v) is 7.17. The van der Waals surface area contributed by atoms with Crippen LogP contribution < -0.4 is 5.32 Å². The van der Waals surface area contributed by atoms with E-state index in [4.69, 9.17) is 0 Å². The zero-order chi connectivity index (χ0) is 20.7. The van der Waals surface area contributed by atoms with E-state index in [0.717, 1.165) is 50.5 Å². The number of rotatable bonds is 6. The van der Waals surface area contributed by atoms with E-state index in [-0.39, 0.29) is 17.2 Å². The van der Waals surface area contributed by atoms with Crippen LogP contribution in [-0.2, 0) is 16.1 Å². The van der Waals surface area contributed by atoms with Gasteiger partial charge in [-0.1, -0.05) is 30.3 Å². The number of nitrogens with zero attached hydrogens (tertiary/aromatic N) is 2. The molecule has 5 aliphatic rings. The summed E-state index contributed by atoms with van der Waals surface area (Å²) < 4.78 is 0. The zero-order valence-corrected chi connectivity index (χ0v) is 18.2. The number of nitrogens with one attached hydrogen (secondary N) is 1. The minimum Gasteiger partial charge on any atom is -0.345 e. The van der Waals surface area contributed by atoms with Crippen molar-refractivity contribution in [3.63, 3.8) is 0 Å². The first kappa shape index (κ1) is 20.0. The highest BCUT2D eigenvalue weighted by molar-refractivity contribution is 5.87. The van der Waals surface area contributed by atoms with E-state index in [2.05, 4.69) is 34.5 Å². The molecule has 162 valence electrons. The summed E-state index contributed by atoms with van der Waals surface area (Å²) in [4.78, 5) is 30.1. The molecule has 0 aromatic heterocycles. The molecule has 1 N–H and O–H groups in total. The zero-order valence-electron chi connectivity index (χ0n) is 18.2. The van der Waals surface area contributed by atoms with Gasteiger partial charge >= 0.3 is 0 Å². The van der Waals surface area contributed by atoms with Crippen molar-refractivity contribution in [1.29, 1.82) is 0 Å². The summed E-state index contributed by atoms with van der Waals surface area (Å²) in [5, 5.41) is 3.05. The Kier molecular flexibility index (Phi) is 5.34. The second-order valence-corrected chi connectivity index (χ2v) is 10.5. The molecular formula is C25H35N3O2. The largest absolute Gasteiger partial charge is 0.345 e. The Morgan fingerprint density at radius 3 is 2.37 bits per heavy atom. The highest BCUT2D eigenvalue weighted by Gasteiger charge is 2.58. The first-order valence-electron chi connectivity index (χ1n) is 11.9. The van der Waals surface area contributed by atoms with E-state index in [1.165, 1.54) is 37.7 Å². The smallest absolute Gasteiger partial charge is 0.244 e. The molecule has 4 aliphatic carbocycles. The topological polar surface area (TPSA) is 52.7 Å². The summed E-state index contributed by atoms with van der Waals surface area (Å²) in [6, 6.07) is 10.1. The third-order valence-corrected chi connectivity index (χ3v) is 8.35. The van der Waals surface area contributed by atoms with E-state index in [1.54, 1.807) is 0 Å². The molecular weight excluding hydrogens is 374 g/mol. The van der Waals surface area contributed by atoms with Gasteiger partial charge in [0.15, 0.2) is 0 Å². The van der Waals surface area contributed by atoms with Gasteiger partial charge < -0.3 is 10.2 Å². The van der Waals surface area contributed by atoms with Crippen LogP contribution in [0.1, 0.15) is 51.0 Å². The molecule has 4 saturated carbocycles. The Balaban J connectivity index is 1.09. The van der Waals surface area contributed by atoms with Crippen LogP contribution in [0.3, 0.4) is 0 Å². The first-order chi connectivity index (χ1) is 14.5. The summed E-state index contributed by atoms with van der Waals surface area (Å²) in [6.07, 6.45) is 7.19. The lowest BCUT2D eigenvalue weighted by atomic mass is 9.73. The summed E-state index contributed by atoms with van der Waals surface area (Å²) in [6.45, 7) is 6.03. The Hall–Kier alpha value is -1.88. The molecule has 1 aromatic rings. The van der Waals surface area contributed by atoms with E-state index in [0.29, 0.717) is 6.42 Å². The average molecular weight is 410 g/mol. The van der Waals surface area contributed by atoms with E-state index >= 15 is 0 Å². The third kappa shape index (κ3) is 3.89. The van der Waals surface area contributed by atoms with Crippen LogP contribution in [0.5, 0.6) is 0 Å². The third-order valence-electron chi connectivity index (χ3n) is 8.35. The summed E-state index contributed by atoms with van der Waals surface area (Å²) in [5.74, 6) is 2.64. The highest BCUT2D eigenvalue weighted by Crippen LogP contribution is 2.66. The quantitative estimate of drug-likeness (QED) is 0.786. The Labute approximate surface area is 180 Å². The molecule has 2 amide bonds. The Morgan fingerprint density at radius 1 is 1.03 bits per heavy atom. The van der Waals surface area contributed by atoms with Crippen LogP contribution in [0.4, 0.5) is 0 Å². The first-order valence-corrected chi connectivity index (χ1v) is 11.9.